The molecule has 0 amide bonds. The van der Waals surface area contributed by atoms with Crippen molar-refractivity contribution >= 4 is 63.5 Å². The van der Waals surface area contributed by atoms with Gasteiger partial charge in [-0.15, -0.1) is 0 Å². The summed E-state index contributed by atoms with van der Waals surface area (Å²) in [5, 5.41) is 29.3. The Morgan fingerprint density at radius 3 is 2.08 bits per heavy atom. The van der Waals surface area contributed by atoms with Gasteiger partial charge in [0, 0.05) is 26.4 Å². The van der Waals surface area contributed by atoms with Crippen molar-refractivity contribution in [1.29, 1.82) is 5.26 Å². The van der Waals surface area contributed by atoms with Gasteiger partial charge in [-0.05, 0) is 72.5 Å². The molecule has 1 heterocycles. The van der Waals surface area contributed by atoms with Crippen molar-refractivity contribution in [2.45, 2.75) is 19.8 Å². The standard InChI is InChI=1S/C26H19Cl3N6O2/c1-14-9-18(28)7-8-22(14)33-25-24(35(36)37)26(32-13-31-25)34-23-11-21(29)19(10-15(23)2)20(12-30)16-3-5-17(27)6-4-16/h3-11,13,20H,1-2H3,(H2,31,32,33,34). The summed E-state index contributed by atoms with van der Waals surface area (Å²) in [4.78, 5) is 19.7. The lowest BCUT2D eigenvalue weighted by molar-refractivity contribution is -0.383. The number of hydrogen-bond donors (Lipinski definition) is 2. The van der Waals surface area contributed by atoms with Crippen molar-refractivity contribution in [2.75, 3.05) is 10.6 Å². The van der Waals surface area contributed by atoms with E-state index in [1.165, 1.54) is 6.33 Å². The second-order valence-corrected chi connectivity index (χ2v) is 9.47. The Bertz CT molecular complexity index is 1540. The second-order valence-electron chi connectivity index (χ2n) is 8.19. The van der Waals surface area contributed by atoms with Crippen molar-refractivity contribution in [3.8, 4) is 6.07 Å². The molecule has 3 aromatic carbocycles. The molecule has 0 aliphatic carbocycles. The maximum atomic E-state index is 12.0. The van der Waals surface area contributed by atoms with Crippen LogP contribution in [0.2, 0.25) is 15.1 Å². The van der Waals surface area contributed by atoms with Gasteiger partial charge in [0.15, 0.2) is 0 Å². The molecule has 11 heteroatoms. The van der Waals surface area contributed by atoms with E-state index in [-0.39, 0.29) is 17.3 Å². The normalized spacial score (nSPS) is 11.5. The SMILES string of the molecule is Cc1cc(Cl)ccc1Nc1ncnc(Nc2cc(Cl)c(C(C#N)c3ccc(Cl)cc3)cc2C)c1[N+](=O)[O-]. The quantitative estimate of drug-likeness (QED) is 0.175. The number of nitro groups is 1. The molecule has 0 aliphatic rings. The molecule has 0 fully saturated rings. The summed E-state index contributed by atoms with van der Waals surface area (Å²) in [5.41, 5.74) is 3.63. The molecule has 2 N–H and O–H groups in total. The molecule has 0 aliphatic heterocycles. The van der Waals surface area contributed by atoms with E-state index >= 15 is 0 Å². The Morgan fingerprint density at radius 2 is 1.49 bits per heavy atom. The molecule has 0 saturated heterocycles. The Hall–Kier alpha value is -3.90. The van der Waals surface area contributed by atoms with Crippen LogP contribution in [0.3, 0.4) is 0 Å². The number of nitrogens with zero attached hydrogens (tertiary/aromatic N) is 4. The number of nitriles is 1. The van der Waals surface area contributed by atoms with Crippen LogP contribution in [-0.2, 0) is 0 Å². The summed E-state index contributed by atoms with van der Waals surface area (Å²) in [6.07, 6.45) is 1.22. The van der Waals surface area contributed by atoms with Crippen molar-refractivity contribution in [3.05, 3.63) is 108 Å². The molecular formula is C26H19Cl3N6O2. The minimum absolute atomic E-state index is 0.0144. The largest absolute Gasteiger partial charge is 0.353 e. The first kappa shape index (κ1) is 26.2. The molecule has 0 spiro atoms. The van der Waals surface area contributed by atoms with Crippen LogP contribution < -0.4 is 10.6 Å². The summed E-state index contributed by atoms with van der Waals surface area (Å²) in [6.45, 7) is 3.63. The fourth-order valence-electron chi connectivity index (χ4n) is 3.80. The number of anilines is 4. The van der Waals surface area contributed by atoms with Gasteiger partial charge >= 0.3 is 5.69 Å². The van der Waals surface area contributed by atoms with Crippen LogP contribution in [0.4, 0.5) is 28.7 Å². The number of benzene rings is 3. The van der Waals surface area contributed by atoms with E-state index in [2.05, 4.69) is 26.7 Å². The third kappa shape index (κ3) is 5.75. The van der Waals surface area contributed by atoms with Gasteiger partial charge in [-0.25, -0.2) is 9.97 Å². The van der Waals surface area contributed by atoms with Gasteiger partial charge in [-0.2, -0.15) is 5.26 Å². The van der Waals surface area contributed by atoms with Gasteiger partial charge in [0.1, 0.15) is 6.33 Å². The maximum Gasteiger partial charge on any atom is 0.353 e. The molecule has 1 aromatic heterocycles. The van der Waals surface area contributed by atoms with E-state index in [4.69, 9.17) is 34.8 Å². The summed E-state index contributed by atoms with van der Waals surface area (Å²) in [6, 6.07) is 17.8. The minimum Gasteiger partial charge on any atom is -0.334 e. The predicted molar refractivity (Wildman–Crippen MR) is 147 cm³/mol. The number of aryl methyl sites for hydroxylation is 2. The van der Waals surface area contributed by atoms with Crippen molar-refractivity contribution < 1.29 is 4.92 Å². The van der Waals surface area contributed by atoms with Crippen LogP contribution in [0, 0.1) is 35.3 Å². The van der Waals surface area contributed by atoms with Gasteiger partial charge in [-0.1, -0.05) is 53.0 Å². The van der Waals surface area contributed by atoms with Gasteiger partial charge < -0.3 is 10.6 Å². The number of rotatable bonds is 7. The van der Waals surface area contributed by atoms with Crippen LogP contribution in [-0.4, -0.2) is 14.9 Å². The van der Waals surface area contributed by atoms with Crippen molar-refractivity contribution in [3.63, 3.8) is 0 Å². The molecule has 1 unspecified atom stereocenters. The Labute approximate surface area is 228 Å². The van der Waals surface area contributed by atoms with Crippen molar-refractivity contribution in [2.24, 2.45) is 0 Å². The maximum absolute atomic E-state index is 12.0. The molecule has 0 bridgehead atoms. The number of hydrogen-bond acceptors (Lipinski definition) is 7. The number of nitrogens with one attached hydrogen (secondary N) is 2. The highest BCUT2D eigenvalue weighted by molar-refractivity contribution is 6.32. The molecule has 4 aromatic rings. The average Bonchev–Trinajstić information content (AvgIpc) is 2.85. The topological polar surface area (TPSA) is 117 Å². The summed E-state index contributed by atoms with van der Waals surface area (Å²) in [5.74, 6) is -0.625. The van der Waals surface area contributed by atoms with Crippen LogP contribution >= 0.6 is 34.8 Å². The first-order valence-electron chi connectivity index (χ1n) is 10.9. The van der Waals surface area contributed by atoms with Gasteiger partial charge in [-0.3, -0.25) is 10.1 Å². The van der Waals surface area contributed by atoms with E-state index in [0.717, 1.165) is 11.1 Å². The third-order valence-corrected chi connectivity index (χ3v) is 6.50. The molecule has 8 nitrogen and oxygen atoms in total. The van der Waals surface area contributed by atoms with Gasteiger partial charge in [0.2, 0.25) is 11.6 Å². The average molecular weight is 554 g/mol. The highest BCUT2D eigenvalue weighted by Gasteiger charge is 2.25. The lowest BCUT2D eigenvalue weighted by Gasteiger charge is -2.17. The predicted octanol–water partition coefficient (Wildman–Crippen LogP) is 8.10. The zero-order valence-corrected chi connectivity index (χ0v) is 21.9. The first-order chi connectivity index (χ1) is 17.7. The van der Waals surface area contributed by atoms with E-state index in [0.29, 0.717) is 37.6 Å². The van der Waals surface area contributed by atoms with E-state index in [9.17, 15) is 15.4 Å². The van der Waals surface area contributed by atoms with Crippen LogP contribution in [0.1, 0.15) is 28.2 Å². The first-order valence-corrected chi connectivity index (χ1v) is 12.1. The second kappa shape index (κ2) is 11.0. The van der Waals surface area contributed by atoms with Crippen molar-refractivity contribution in [1.82, 2.24) is 9.97 Å². The monoisotopic (exact) mass is 552 g/mol. The molecule has 1 atom stereocenters. The van der Waals surface area contributed by atoms with Crippen LogP contribution in [0.25, 0.3) is 0 Å². The Kier molecular flexibility index (Phi) is 7.79. The fourth-order valence-corrected chi connectivity index (χ4v) is 4.42. The van der Waals surface area contributed by atoms with E-state index in [1.807, 2.05) is 13.8 Å². The number of halogens is 3. The lowest BCUT2D eigenvalue weighted by Crippen LogP contribution is -2.07. The Morgan fingerprint density at radius 1 is 0.892 bits per heavy atom. The zero-order chi connectivity index (χ0) is 26.7. The number of aromatic nitrogens is 2. The molecule has 4 rings (SSSR count). The third-order valence-electron chi connectivity index (χ3n) is 5.69. The highest BCUT2D eigenvalue weighted by atomic mass is 35.5. The van der Waals surface area contributed by atoms with Gasteiger partial charge in [0.05, 0.1) is 16.9 Å². The van der Waals surface area contributed by atoms with E-state index in [1.54, 1.807) is 54.6 Å². The molecular weight excluding hydrogens is 535 g/mol. The zero-order valence-electron chi connectivity index (χ0n) is 19.6. The summed E-state index contributed by atoms with van der Waals surface area (Å²) in [7, 11) is 0. The molecule has 0 radical (unpaired) electrons. The Balaban J connectivity index is 1.69. The highest BCUT2D eigenvalue weighted by Crippen LogP contribution is 2.38. The minimum atomic E-state index is -0.621. The fraction of sp³-hybridized carbons (Fsp3) is 0.115. The summed E-state index contributed by atoms with van der Waals surface area (Å²) < 4.78 is 0. The molecule has 0 saturated carbocycles. The molecule has 37 heavy (non-hydrogen) atoms. The molecule has 186 valence electrons. The van der Waals surface area contributed by atoms with E-state index < -0.39 is 10.8 Å². The van der Waals surface area contributed by atoms with Crippen LogP contribution in [0.5, 0.6) is 0 Å². The smallest absolute Gasteiger partial charge is 0.334 e. The summed E-state index contributed by atoms with van der Waals surface area (Å²) >= 11 is 18.6. The van der Waals surface area contributed by atoms with Crippen LogP contribution in [0.15, 0.2) is 60.9 Å². The lowest BCUT2D eigenvalue weighted by atomic mass is 9.91. The van der Waals surface area contributed by atoms with Gasteiger partial charge in [0.25, 0.3) is 0 Å².